The van der Waals surface area contributed by atoms with E-state index in [1.807, 2.05) is 6.92 Å². The van der Waals surface area contributed by atoms with Crippen LogP contribution in [0.4, 0.5) is 11.4 Å². The predicted octanol–water partition coefficient (Wildman–Crippen LogP) is 2.06. The van der Waals surface area contributed by atoms with Gasteiger partial charge in [0.25, 0.3) is 11.6 Å². The molecule has 0 fully saturated rings. The highest BCUT2D eigenvalue weighted by molar-refractivity contribution is 6.02. The fraction of sp³-hybridized carbons (Fsp3) is 0.167. The van der Waals surface area contributed by atoms with E-state index in [9.17, 15) is 14.9 Å². The Bertz CT molecular complexity index is 621. The van der Waals surface area contributed by atoms with Crippen molar-refractivity contribution in [1.82, 2.24) is 9.78 Å². The van der Waals surface area contributed by atoms with E-state index in [0.717, 1.165) is 0 Å². The average molecular weight is 260 g/mol. The highest BCUT2D eigenvalue weighted by Crippen LogP contribution is 2.17. The molecule has 1 aromatic heterocycles. The molecule has 0 aliphatic rings. The van der Waals surface area contributed by atoms with Crippen LogP contribution in [0.2, 0.25) is 0 Å². The first-order chi connectivity index (χ1) is 9.10. The van der Waals surface area contributed by atoms with Crippen LogP contribution in [0.5, 0.6) is 0 Å². The zero-order valence-electron chi connectivity index (χ0n) is 10.2. The lowest BCUT2D eigenvalue weighted by atomic mass is 10.2. The fourth-order valence-electron chi connectivity index (χ4n) is 1.55. The number of amides is 1. The van der Waals surface area contributed by atoms with E-state index in [4.69, 9.17) is 0 Å². The van der Waals surface area contributed by atoms with Gasteiger partial charge in [-0.15, -0.1) is 0 Å². The Morgan fingerprint density at radius 2 is 2.26 bits per heavy atom. The van der Waals surface area contributed by atoms with E-state index in [2.05, 4.69) is 10.4 Å². The van der Waals surface area contributed by atoms with Crippen LogP contribution >= 0.6 is 0 Å². The Morgan fingerprint density at radius 3 is 2.89 bits per heavy atom. The third-order valence-corrected chi connectivity index (χ3v) is 2.51. The third kappa shape index (κ3) is 2.95. The molecule has 0 unspecified atom stereocenters. The van der Waals surface area contributed by atoms with E-state index in [0.29, 0.717) is 12.2 Å². The number of benzene rings is 1. The molecule has 0 aliphatic carbocycles. The summed E-state index contributed by atoms with van der Waals surface area (Å²) >= 11 is 0. The molecule has 2 rings (SSSR count). The number of anilines is 1. The van der Waals surface area contributed by atoms with Crippen molar-refractivity contribution in [1.29, 1.82) is 0 Å². The van der Waals surface area contributed by atoms with Gasteiger partial charge in [0.05, 0.1) is 4.92 Å². The predicted molar refractivity (Wildman–Crippen MR) is 69.0 cm³/mol. The number of aryl methyl sites for hydroxylation is 1. The standard InChI is InChI=1S/C12H12N4O3/c1-2-15-7-6-11(14-15)12(17)13-9-4-3-5-10(8-9)16(18)19/h3-8H,2H2,1H3,(H,13,17). The van der Waals surface area contributed by atoms with Crippen molar-refractivity contribution in [2.45, 2.75) is 13.5 Å². The first kappa shape index (κ1) is 12.7. The summed E-state index contributed by atoms with van der Waals surface area (Å²) in [6.07, 6.45) is 1.70. The van der Waals surface area contributed by atoms with Crippen LogP contribution in [0.3, 0.4) is 0 Å². The van der Waals surface area contributed by atoms with Crippen molar-refractivity contribution in [2.24, 2.45) is 0 Å². The highest BCUT2D eigenvalue weighted by atomic mass is 16.6. The van der Waals surface area contributed by atoms with Crippen LogP contribution in [0.1, 0.15) is 17.4 Å². The molecule has 0 atom stereocenters. The van der Waals surface area contributed by atoms with Crippen molar-refractivity contribution in [3.05, 3.63) is 52.3 Å². The highest BCUT2D eigenvalue weighted by Gasteiger charge is 2.11. The van der Waals surface area contributed by atoms with E-state index in [1.54, 1.807) is 23.0 Å². The summed E-state index contributed by atoms with van der Waals surface area (Å²) in [4.78, 5) is 22.0. The van der Waals surface area contributed by atoms with Gasteiger partial charge >= 0.3 is 0 Å². The number of nitrogens with one attached hydrogen (secondary N) is 1. The maximum absolute atomic E-state index is 11.9. The lowest BCUT2D eigenvalue weighted by Gasteiger charge is -2.02. The van der Waals surface area contributed by atoms with Crippen LogP contribution in [0, 0.1) is 10.1 Å². The SMILES string of the molecule is CCn1ccc(C(=O)Nc2cccc([N+](=O)[O-])c2)n1. The number of nitro groups is 1. The number of nitrogens with zero attached hydrogens (tertiary/aromatic N) is 3. The molecule has 0 saturated carbocycles. The zero-order chi connectivity index (χ0) is 13.8. The Balaban J connectivity index is 2.14. The lowest BCUT2D eigenvalue weighted by molar-refractivity contribution is -0.384. The monoisotopic (exact) mass is 260 g/mol. The molecule has 1 N–H and O–H groups in total. The molecule has 7 heteroatoms. The van der Waals surface area contributed by atoms with E-state index in [1.165, 1.54) is 18.2 Å². The van der Waals surface area contributed by atoms with Crippen LogP contribution in [0.15, 0.2) is 36.5 Å². The Kier molecular flexibility index (Phi) is 3.56. The van der Waals surface area contributed by atoms with Gasteiger partial charge < -0.3 is 5.32 Å². The van der Waals surface area contributed by atoms with E-state index < -0.39 is 10.8 Å². The average Bonchev–Trinajstić information content (AvgIpc) is 2.88. The maximum Gasteiger partial charge on any atom is 0.276 e. The molecule has 1 aromatic carbocycles. The van der Waals surface area contributed by atoms with E-state index in [-0.39, 0.29) is 11.4 Å². The maximum atomic E-state index is 11.9. The molecule has 0 saturated heterocycles. The molecule has 0 aliphatic heterocycles. The Labute approximate surface area is 109 Å². The first-order valence-electron chi connectivity index (χ1n) is 5.69. The second-order valence-electron chi connectivity index (χ2n) is 3.82. The van der Waals surface area contributed by atoms with Gasteiger partial charge in [0.15, 0.2) is 5.69 Å². The molecule has 1 heterocycles. The van der Waals surface area contributed by atoms with Crippen LogP contribution in [-0.4, -0.2) is 20.6 Å². The molecule has 98 valence electrons. The van der Waals surface area contributed by atoms with Crippen molar-refractivity contribution in [3.63, 3.8) is 0 Å². The minimum absolute atomic E-state index is 0.0723. The Morgan fingerprint density at radius 1 is 1.47 bits per heavy atom. The molecule has 0 radical (unpaired) electrons. The van der Waals surface area contributed by atoms with Gasteiger partial charge in [0.2, 0.25) is 0 Å². The van der Waals surface area contributed by atoms with Crippen molar-refractivity contribution in [3.8, 4) is 0 Å². The van der Waals surface area contributed by atoms with Crippen LogP contribution in [0.25, 0.3) is 0 Å². The van der Waals surface area contributed by atoms with Crippen LogP contribution in [-0.2, 0) is 6.54 Å². The quantitative estimate of drug-likeness (QED) is 0.673. The molecule has 1 amide bonds. The van der Waals surface area contributed by atoms with Crippen molar-refractivity contribution in [2.75, 3.05) is 5.32 Å². The van der Waals surface area contributed by atoms with E-state index >= 15 is 0 Å². The molecule has 2 aromatic rings. The first-order valence-corrected chi connectivity index (χ1v) is 5.69. The van der Waals surface area contributed by atoms with Gasteiger partial charge in [-0.2, -0.15) is 5.10 Å². The minimum Gasteiger partial charge on any atom is -0.320 e. The summed E-state index contributed by atoms with van der Waals surface area (Å²) in [5.74, 6) is -0.396. The number of hydrogen-bond acceptors (Lipinski definition) is 4. The number of rotatable bonds is 4. The number of nitro benzene ring substituents is 1. The summed E-state index contributed by atoms with van der Waals surface area (Å²) in [6, 6.07) is 7.35. The molecule has 0 spiro atoms. The topological polar surface area (TPSA) is 90.1 Å². The summed E-state index contributed by atoms with van der Waals surface area (Å²) in [7, 11) is 0. The summed E-state index contributed by atoms with van der Waals surface area (Å²) in [6.45, 7) is 2.58. The second kappa shape index (κ2) is 5.30. The number of aromatic nitrogens is 2. The smallest absolute Gasteiger partial charge is 0.276 e. The molecule has 19 heavy (non-hydrogen) atoms. The van der Waals surface area contributed by atoms with Gasteiger partial charge in [0.1, 0.15) is 0 Å². The molecule has 7 nitrogen and oxygen atoms in total. The molecular weight excluding hydrogens is 248 g/mol. The number of carbonyl (C=O) groups is 1. The Hall–Kier alpha value is -2.70. The largest absolute Gasteiger partial charge is 0.320 e. The van der Waals surface area contributed by atoms with Gasteiger partial charge in [-0.25, -0.2) is 0 Å². The number of carbonyl (C=O) groups excluding carboxylic acids is 1. The zero-order valence-corrected chi connectivity index (χ0v) is 10.2. The number of hydrogen-bond donors (Lipinski definition) is 1. The second-order valence-corrected chi connectivity index (χ2v) is 3.82. The third-order valence-electron chi connectivity index (χ3n) is 2.51. The summed E-state index contributed by atoms with van der Waals surface area (Å²) in [5, 5.41) is 17.3. The van der Waals surface area contributed by atoms with Gasteiger partial charge in [-0.1, -0.05) is 6.07 Å². The molecular formula is C12H12N4O3. The normalized spacial score (nSPS) is 10.2. The summed E-state index contributed by atoms with van der Waals surface area (Å²) in [5.41, 5.74) is 0.565. The molecule has 0 bridgehead atoms. The van der Waals surface area contributed by atoms with Crippen molar-refractivity contribution < 1.29 is 9.72 Å². The summed E-state index contributed by atoms with van der Waals surface area (Å²) < 4.78 is 1.63. The van der Waals surface area contributed by atoms with Crippen molar-refractivity contribution >= 4 is 17.3 Å². The lowest BCUT2D eigenvalue weighted by Crippen LogP contribution is -2.13. The minimum atomic E-state index is -0.512. The van der Waals surface area contributed by atoms with Crippen LogP contribution < -0.4 is 5.32 Å². The van der Waals surface area contributed by atoms with Gasteiger partial charge in [-0.3, -0.25) is 19.6 Å². The fourth-order valence-corrected chi connectivity index (χ4v) is 1.55. The van der Waals surface area contributed by atoms with Gasteiger partial charge in [-0.05, 0) is 19.1 Å². The number of non-ortho nitro benzene ring substituents is 1. The van der Waals surface area contributed by atoms with Gasteiger partial charge in [0, 0.05) is 30.6 Å².